The number of alkyl halides is 3. The Labute approximate surface area is 119 Å². The van der Waals surface area contributed by atoms with E-state index in [0.717, 1.165) is 16.9 Å². The van der Waals surface area contributed by atoms with E-state index in [0.29, 0.717) is 32.7 Å². The molecule has 0 spiro atoms. The Bertz CT molecular complexity index is 481. The van der Waals surface area contributed by atoms with E-state index in [-0.39, 0.29) is 19.1 Å². The maximum Gasteiger partial charge on any atom is 0.435 e. The van der Waals surface area contributed by atoms with Crippen molar-refractivity contribution < 1.29 is 23.1 Å². The van der Waals surface area contributed by atoms with Crippen molar-refractivity contribution in [2.75, 3.05) is 39.3 Å². The number of carbonyl (C=O) groups is 1. The van der Waals surface area contributed by atoms with Crippen LogP contribution in [0.15, 0.2) is 12.3 Å². The zero-order chi connectivity index (χ0) is 15.5. The summed E-state index contributed by atoms with van der Waals surface area (Å²) in [6, 6.07) is 0.854. The predicted octanol–water partition coefficient (Wildman–Crippen LogP) is 0.0384. The van der Waals surface area contributed by atoms with Crippen LogP contribution in [0.3, 0.4) is 0 Å². The Morgan fingerprint density at radius 2 is 1.95 bits per heavy atom. The van der Waals surface area contributed by atoms with Crippen LogP contribution in [0.5, 0.6) is 0 Å². The normalized spacial score (nSPS) is 17.2. The lowest BCUT2D eigenvalue weighted by Gasteiger charge is -2.34. The number of amides is 1. The lowest BCUT2D eigenvalue weighted by molar-refractivity contribution is -0.142. The minimum Gasteiger partial charge on any atom is -0.395 e. The van der Waals surface area contributed by atoms with Gasteiger partial charge >= 0.3 is 6.18 Å². The van der Waals surface area contributed by atoms with E-state index in [9.17, 15) is 18.0 Å². The molecule has 0 radical (unpaired) electrons. The monoisotopic (exact) mass is 306 g/mol. The van der Waals surface area contributed by atoms with E-state index in [1.807, 2.05) is 4.90 Å². The number of hydrogen-bond donors (Lipinski definition) is 1. The van der Waals surface area contributed by atoms with Crippen LogP contribution in [-0.4, -0.2) is 69.9 Å². The fourth-order valence-electron chi connectivity index (χ4n) is 2.20. The molecule has 1 aromatic heterocycles. The van der Waals surface area contributed by atoms with Crippen LogP contribution >= 0.6 is 0 Å². The van der Waals surface area contributed by atoms with Crippen LogP contribution in [0.4, 0.5) is 13.2 Å². The van der Waals surface area contributed by atoms with E-state index in [2.05, 4.69) is 5.10 Å². The Morgan fingerprint density at radius 1 is 1.29 bits per heavy atom. The third kappa shape index (κ3) is 4.18. The van der Waals surface area contributed by atoms with Crippen LogP contribution in [0.2, 0.25) is 0 Å². The second-order valence-corrected chi connectivity index (χ2v) is 4.84. The van der Waals surface area contributed by atoms with Gasteiger partial charge in [-0.1, -0.05) is 0 Å². The molecule has 0 bridgehead atoms. The topological polar surface area (TPSA) is 61.6 Å². The highest BCUT2D eigenvalue weighted by Crippen LogP contribution is 2.27. The van der Waals surface area contributed by atoms with E-state index in [4.69, 9.17) is 5.11 Å². The fraction of sp³-hybridized carbons (Fsp3) is 0.667. The molecule has 0 saturated carbocycles. The summed E-state index contributed by atoms with van der Waals surface area (Å²) in [5.74, 6) is -0.254. The Kier molecular flexibility index (Phi) is 4.84. The van der Waals surface area contributed by atoms with Gasteiger partial charge in [0.25, 0.3) is 0 Å². The van der Waals surface area contributed by atoms with Crippen LogP contribution in [0.25, 0.3) is 0 Å². The number of piperazine rings is 1. The molecule has 2 rings (SSSR count). The molecule has 6 nitrogen and oxygen atoms in total. The number of aliphatic hydroxyl groups excluding tert-OH is 1. The fourth-order valence-corrected chi connectivity index (χ4v) is 2.20. The lowest BCUT2D eigenvalue weighted by Crippen LogP contribution is -2.50. The summed E-state index contributed by atoms with van der Waals surface area (Å²) in [5, 5.41) is 12.2. The van der Waals surface area contributed by atoms with Crippen LogP contribution in [0.1, 0.15) is 5.69 Å². The Morgan fingerprint density at radius 3 is 2.48 bits per heavy atom. The zero-order valence-electron chi connectivity index (χ0n) is 11.4. The van der Waals surface area contributed by atoms with Gasteiger partial charge in [-0.25, -0.2) is 0 Å². The summed E-state index contributed by atoms with van der Waals surface area (Å²) >= 11 is 0. The number of carbonyl (C=O) groups excluding carboxylic acids is 1. The summed E-state index contributed by atoms with van der Waals surface area (Å²) in [6.45, 7) is 2.75. The van der Waals surface area contributed by atoms with Gasteiger partial charge in [-0.2, -0.15) is 18.3 Å². The van der Waals surface area contributed by atoms with Crippen molar-refractivity contribution in [3.63, 3.8) is 0 Å². The number of β-amino-alcohol motifs (C(OH)–C–C–N with tert-alkyl or cyclic N) is 1. The highest BCUT2D eigenvalue weighted by atomic mass is 19.4. The van der Waals surface area contributed by atoms with Gasteiger partial charge in [0.15, 0.2) is 5.69 Å². The number of nitrogens with zero attached hydrogens (tertiary/aromatic N) is 4. The minimum absolute atomic E-state index is 0.0709. The molecule has 21 heavy (non-hydrogen) atoms. The molecule has 1 saturated heterocycles. The first-order valence-corrected chi connectivity index (χ1v) is 6.62. The molecule has 0 aliphatic carbocycles. The Hall–Kier alpha value is -1.61. The number of hydrogen-bond acceptors (Lipinski definition) is 4. The third-order valence-corrected chi connectivity index (χ3v) is 3.37. The number of rotatable bonds is 4. The average molecular weight is 306 g/mol. The van der Waals surface area contributed by atoms with E-state index in [1.54, 1.807) is 4.90 Å². The molecular formula is C12H17F3N4O2. The lowest BCUT2D eigenvalue weighted by atomic mass is 10.3. The molecule has 0 unspecified atom stereocenters. The summed E-state index contributed by atoms with van der Waals surface area (Å²) in [4.78, 5) is 15.6. The van der Waals surface area contributed by atoms with Crippen molar-refractivity contribution in [3.05, 3.63) is 18.0 Å². The second kappa shape index (κ2) is 6.44. The van der Waals surface area contributed by atoms with Gasteiger partial charge in [0.2, 0.25) is 5.91 Å². The first kappa shape index (κ1) is 15.8. The molecule has 2 heterocycles. The minimum atomic E-state index is -4.50. The molecule has 9 heteroatoms. The molecule has 0 aromatic carbocycles. The largest absolute Gasteiger partial charge is 0.435 e. The maximum absolute atomic E-state index is 12.4. The van der Waals surface area contributed by atoms with Gasteiger partial charge in [-0.05, 0) is 6.07 Å². The molecule has 1 fully saturated rings. The summed E-state index contributed by atoms with van der Waals surface area (Å²) in [5.41, 5.74) is -0.997. The highest BCUT2D eigenvalue weighted by Gasteiger charge is 2.33. The number of halogens is 3. The molecule has 1 aliphatic heterocycles. The first-order chi connectivity index (χ1) is 9.90. The van der Waals surface area contributed by atoms with Crippen molar-refractivity contribution >= 4 is 5.91 Å². The van der Waals surface area contributed by atoms with Crippen molar-refractivity contribution in [1.29, 1.82) is 0 Å². The Balaban J connectivity index is 1.86. The molecule has 1 N–H and O–H groups in total. The van der Waals surface area contributed by atoms with Crippen molar-refractivity contribution in [3.8, 4) is 0 Å². The smallest absolute Gasteiger partial charge is 0.395 e. The molecule has 118 valence electrons. The summed E-state index contributed by atoms with van der Waals surface area (Å²) in [7, 11) is 0. The van der Waals surface area contributed by atoms with Crippen molar-refractivity contribution in [2.45, 2.75) is 12.7 Å². The first-order valence-electron chi connectivity index (χ1n) is 6.62. The van der Waals surface area contributed by atoms with Gasteiger partial charge in [0, 0.05) is 38.9 Å². The van der Waals surface area contributed by atoms with Gasteiger partial charge in [-0.3, -0.25) is 14.4 Å². The molecule has 1 amide bonds. The molecule has 1 aliphatic rings. The molecule has 1 aromatic rings. The van der Waals surface area contributed by atoms with Gasteiger partial charge in [-0.15, -0.1) is 0 Å². The standard InChI is InChI=1S/C12H17F3N4O2/c13-12(14,15)10-1-2-19(16-10)9-11(21)18-5-3-17(4-6-18)7-8-20/h1-2,20H,3-9H2. The van der Waals surface area contributed by atoms with Gasteiger partial charge < -0.3 is 10.0 Å². The van der Waals surface area contributed by atoms with Crippen molar-refractivity contribution in [1.82, 2.24) is 19.6 Å². The quantitative estimate of drug-likeness (QED) is 0.853. The summed E-state index contributed by atoms with van der Waals surface area (Å²) in [6.07, 6.45) is -3.34. The van der Waals surface area contributed by atoms with E-state index >= 15 is 0 Å². The van der Waals surface area contributed by atoms with Gasteiger partial charge in [0.1, 0.15) is 6.54 Å². The SMILES string of the molecule is O=C(Cn1ccc(C(F)(F)F)n1)N1CCN(CCO)CC1. The summed E-state index contributed by atoms with van der Waals surface area (Å²) < 4.78 is 38.2. The molecule has 0 atom stereocenters. The molecular weight excluding hydrogens is 289 g/mol. The highest BCUT2D eigenvalue weighted by molar-refractivity contribution is 5.76. The maximum atomic E-state index is 12.4. The van der Waals surface area contributed by atoms with Crippen LogP contribution in [0, 0.1) is 0 Å². The predicted molar refractivity (Wildman–Crippen MR) is 67.3 cm³/mol. The zero-order valence-corrected chi connectivity index (χ0v) is 11.4. The van der Waals surface area contributed by atoms with Gasteiger partial charge in [0.05, 0.1) is 6.61 Å². The van der Waals surface area contributed by atoms with Crippen molar-refractivity contribution in [2.24, 2.45) is 0 Å². The number of aliphatic hydroxyl groups is 1. The van der Waals surface area contributed by atoms with E-state index in [1.165, 1.54) is 0 Å². The average Bonchev–Trinajstić information content (AvgIpc) is 2.88. The third-order valence-electron chi connectivity index (χ3n) is 3.37. The second-order valence-electron chi connectivity index (χ2n) is 4.84. The van der Waals surface area contributed by atoms with Crippen LogP contribution in [-0.2, 0) is 17.5 Å². The number of aromatic nitrogens is 2. The van der Waals surface area contributed by atoms with Crippen LogP contribution < -0.4 is 0 Å². The van der Waals surface area contributed by atoms with E-state index < -0.39 is 11.9 Å².